The van der Waals surface area contributed by atoms with E-state index in [9.17, 15) is 9.59 Å². The third-order valence-corrected chi connectivity index (χ3v) is 3.21. The molecular weight excluding hydrogens is 278 g/mol. The number of anilines is 1. The van der Waals surface area contributed by atoms with Crippen LogP contribution >= 0.6 is 0 Å². The number of benzene rings is 2. The first-order chi connectivity index (χ1) is 10.3. The van der Waals surface area contributed by atoms with Gasteiger partial charge in [-0.05, 0) is 50.6 Å². The molecule has 0 unspecified atom stereocenters. The van der Waals surface area contributed by atoms with Gasteiger partial charge in [0.05, 0.1) is 6.04 Å². The van der Waals surface area contributed by atoms with Gasteiger partial charge in [-0.1, -0.05) is 30.3 Å². The van der Waals surface area contributed by atoms with Crippen LogP contribution in [0.3, 0.4) is 0 Å². The summed E-state index contributed by atoms with van der Waals surface area (Å²) in [5, 5.41) is 2.08. The third kappa shape index (κ3) is 3.64. The summed E-state index contributed by atoms with van der Waals surface area (Å²) in [5.74, 6) is 0. The summed E-state index contributed by atoms with van der Waals surface area (Å²) in [4.78, 5) is 25.0. The highest BCUT2D eigenvalue weighted by Gasteiger charge is 2.27. The van der Waals surface area contributed by atoms with Crippen LogP contribution in [0.5, 0.6) is 0 Å². The monoisotopic (exact) mass is 299 g/mol. The van der Waals surface area contributed by atoms with E-state index in [0.717, 1.165) is 17.1 Å². The Morgan fingerprint density at radius 2 is 1.77 bits per heavy atom. The Kier molecular flexibility index (Phi) is 4.50. The van der Waals surface area contributed by atoms with E-state index in [-0.39, 0.29) is 0 Å². The maximum atomic E-state index is 12.4. The first kappa shape index (κ1) is 16.0. The van der Waals surface area contributed by atoms with Gasteiger partial charge in [0.1, 0.15) is 11.9 Å². The van der Waals surface area contributed by atoms with Gasteiger partial charge in [-0.15, -0.1) is 0 Å². The Balaban J connectivity index is 2.43. The molecule has 0 radical (unpaired) electrons. The van der Waals surface area contributed by atoms with Crippen molar-refractivity contribution in [3.63, 3.8) is 0 Å². The highest BCUT2D eigenvalue weighted by molar-refractivity contribution is 5.96. The van der Waals surface area contributed by atoms with E-state index in [4.69, 9.17) is 4.74 Å². The molecule has 0 aliphatic carbocycles. The van der Waals surface area contributed by atoms with Crippen molar-refractivity contribution in [1.29, 1.82) is 0 Å². The van der Waals surface area contributed by atoms with E-state index in [1.54, 1.807) is 27.7 Å². The molecule has 2 rings (SSSR count). The lowest BCUT2D eigenvalue weighted by atomic mass is 10.1. The van der Waals surface area contributed by atoms with Crippen molar-refractivity contribution in [2.75, 3.05) is 4.90 Å². The number of hydrogen-bond acceptors (Lipinski definition) is 3. The number of rotatable bonds is 3. The smallest absolute Gasteiger partial charge is 0.415 e. The number of aldehydes is 1. The maximum absolute atomic E-state index is 12.4. The summed E-state index contributed by atoms with van der Waals surface area (Å²) >= 11 is 0. The highest BCUT2D eigenvalue weighted by Crippen LogP contribution is 2.25. The molecule has 4 heteroatoms. The molecule has 0 bridgehead atoms. The summed E-state index contributed by atoms with van der Waals surface area (Å²) < 4.78 is 5.42. The second-order valence-electron chi connectivity index (χ2n) is 6.26. The molecule has 2 aromatic rings. The van der Waals surface area contributed by atoms with Crippen LogP contribution in [-0.2, 0) is 9.53 Å². The Hall–Kier alpha value is -2.36. The normalized spacial score (nSPS) is 12.7. The zero-order chi connectivity index (χ0) is 16.3. The van der Waals surface area contributed by atoms with E-state index in [1.807, 2.05) is 42.5 Å². The lowest BCUT2D eigenvalue weighted by molar-refractivity contribution is -0.108. The molecule has 1 atom stereocenters. The van der Waals surface area contributed by atoms with Gasteiger partial charge in [0.2, 0.25) is 0 Å². The summed E-state index contributed by atoms with van der Waals surface area (Å²) in [6.07, 6.45) is 0.210. The molecule has 0 saturated heterocycles. The van der Waals surface area contributed by atoms with Crippen molar-refractivity contribution < 1.29 is 14.3 Å². The van der Waals surface area contributed by atoms with Crippen LogP contribution in [0.1, 0.15) is 27.7 Å². The van der Waals surface area contributed by atoms with Crippen LogP contribution in [0, 0.1) is 0 Å². The number of fused-ring (bicyclic) bond motifs is 1. The minimum absolute atomic E-state index is 0.526. The van der Waals surface area contributed by atoms with Gasteiger partial charge >= 0.3 is 6.09 Å². The van der Waals surface area contributed by atoms with Gasteiger partial charge in [-0.3, -0.25) is 4.90 Å². The summed E-state index contributed by atoms with van der Waals surface area (Å²) in [6.45, 7) is 7.07. The average molecular weight is 299 g/mol. The van der Waals surface area contributed by atoms with Crippen LogP contribution in [0.2, 0.25) is 0 Å². The van der Waals surface area contributed by atoms with Crippen LogP contribution in [-0.4, -0.2) is 24.0 Å². The van der Waals surface area contributed by atoms with Crippen molar-refractivity contribution in [3.05, 3.63) is 42.5 Å². The molecule has 0 fully saturated rings. The molecule has 1 amide bonds. The van der Waals surface area contributed by atoms with E-state index in [2.05, 4.69) is 0 Å². The van der Waals surface area contributed by atoms with Gasteiger partial charge in [-0.2, -0.15) is 0 Å². The van der Waals surface area contributed by atoms with Crippen LogP contribution < -0.4 is 4.90 Å². The van der Waals surface area contributed by atoms with Crippen molar-refractivity contribution in [1.82, 2.24) is 0 Å². The SMILES string of the molecule is C[C@@H](C=O)N(C(=O)OC(C)(C)C)c1ccc2ccccc2c1. The van der Waals surface area contributed by atoms with Crippen molar-refractivity contribution in [2.45, 2.75) is 39.3 Å². The molecule has 0 heterocycles. The summed E-state index contributed by atoms with van der Waals surface area (Å²) in [6, 6.07) is 12.9. The van der Waals surface area contributed by atoms with Crippen molar-refractivity contribution in [2.24, 2.45) is 0 Å². The molecule has 4 nitrogen and oxygen atoms in total. The minimum Gasteiger partial charge on any atom is -0.443 e. The molecule has 0 aromatic heterocycles. The second kappa shape index (κ2) is 6.18. The zero-order valence-electron chi connectivity index (χ0n) is 13.4. The molecule has 0 aliphatic heterocycles. The largest absolute Gasteiger partial charge is 0.443 e. The average Bonchev–Trinajstić information content (AvgIpc) is 2.45. The molecule has 2 aromatic carbocycles. The molecule has 0 N–H and O–H groups in total. The fourth-order valence-electron chi connectivity index (χ4n) is 2.21. The number of nitrogens with zero attached hydrogens (tertiary/aromatic N) is 1. The highest BCUT2D eigenvalue weighted by atomic mass is 16.6. The third-order valence-electron chi connectivity index (χ3n) is 3.21. The second-order valence-corrected chi connectivity index (χ2v) is 6.26. The Bertz CT molecular complexity index is 688. The van der Waals surface area contributed by atoms with Crippen LogP contribution in [0.25, 0.3) is 10.8 Å². The standard InChI is InChI=1S/C18H21NO3/c1-13(12-20)19(17(21)22-18(2,3)4)16-10-9-14-7-5-6-8-15(14)11-16/h5-13H,1-4H3/t13-/m0/s1. The predicted molar refractivity (Wildman–Crippen MR) is 88.2 cm³/mol. The van der Waals surface area contributed by atoms with Gasteiger partial charge in [0.25, 0.3) is 0 Å². The van der Waals surface area contributed by atoms with E-state index < -0.39 is 17.7 Å². The van der Waals surface area contributed by atoms with Gasteiger partial charge in [-0.25, -0.2) is 4.79 Å². The summed E-state index contributed by atoms with van der Waals surface area (Å²) in [7, 11) is 0. The fourth-order valence-corrected chi connectivity index (χ4v) is 2.21. The number of amides is 1. The zero-order valence-corrected chi connectivity index (χ0v) is 13.4. The van der Waals surface area contributed by atoms with Crippen LogP contribution in [0.15, 0.2) is 42.5 Å². The van der Waals surface area contributed by atoms with Crippen molar-refractivity contribution in [3.8, 4) is 0 Å². The molecular formula is C18H21NO3. The number of hydrogen-bond donors (Lipinski definition) is 0. The first-order valence-corrected chi connectivity index (χ1v) is 7.28. The Labute approximate surface area is 130 Å². The van der Waals surface area contributed by atoms with Gasteiger partial charge in [0.15, 0.2) is 0 Å². The fraction of sp³-hybridized carbons (Fsp3) is 0.333. The molecule has 0 spiro atoms. The maximum Gasteiger partial charge on any atom is 0.415 e. The minimum atomic E-state index is -0.616. The quantitative estimate of drug-likeness (QED) is 0.799. The molecule has 0 saturated carbocycles. The molecule has 22 heavy (non-hydrogen) atoms. The van der Waals surface area contributed by atoms with Crippen LogP contribution in [0.4, 0.5) is 10.5 Å². The first-order valence-electron chi connectivity index (χ1n) is 7.28. The number of carbonyl (C=O) groups is 2. The van der Waals surface area contributed by atoms with Gasteiger partial charge < -0.3 is 9.53 Å². The Morgan fingerprint density at radius 1 is 1.14 bits per heavy atom. The Morgan fingerprint density at radius 3 is 2.36 bits per heavy atom. The number of ether oxygens (including phenoxy) is 1. The lowest BCUT2D eigenvalue weighted by Gasteiger charge is -2.29. The van der Waals surface area contributed by atoms with E-state index in [1.165, 1.54) is 4.90 Å². The van der Waals surface area contributed by atoms with E-state index >= 15 is 0 Å². The van der Waals surface area contributed by atoms with Gasteiger partial charge in [0, 0.05) is 5.69 Å². The van der Waals surface area contributed by atoms with Crippen molar-refractivity contribution >= 4 is 28.8 Å². The topological polar surface area (TPSA) is 46.6 Å². The molecule has 116 valence electrons. The predicted octanol–water partition coefficient (Wildman–Crippen LogP) is 4.17. The molecule has 0 aliphatic rings. The summed E-state index contributed by atoms with van der Waals surface area (Å²) in [5.41, 5.74) is 0.0296. The van der Waals surface area contributed by atoms with E-state index in [0.29, 0.717) is 5.69 Å². The number of carbonyl (C=O) groups excluding carboxylic acids is 2. The lowest BCUT2D eigenvalue weighted by Crippen LogP contribution is -2.43.